The zero-order chi connectivity index (χ0) is 12.3. The molecule has 4 heteroatoms. The smallest absolute Gasteiger partial charge is 0.343 e. The Labute approximate surface area is 109 Å². The molecule has 0 N–H and O–H groups in total. The van der Waals surface area contributed by atoms with Crippen molar-refractivity contribution in [3.63, 3.8) is 0 Å². The second kappa shape index (κ2) is 5.21. The third-order valence-corrected chi connectivity index (χ3v) is 2.64. The average Bonchev–Trinajstić information content (AvgIpc) is 2.34. The van der Waals surface area contributed by atoms with Gasteiger partial charge in [-0.3, -0.25) is 0 Å². The molecule has 0 fully saturated rings. The monoisotopic (exact) mass is 266 g/mol. The highest BCUT2D eigenvalue weighted by Crippen LogP contribution is 2.28. The fourth-order valence-corrected chi connectivity index (χ4v) is 1.74. The van der Waals surface area contributed by atoms with Crippen LogP contribution in [0.1, 0.15) is 10.4 Å². The minimum absolute atomic E-state index is 0.296. The normalized spacial score (nSPS) is 10.0. The van der Waals surface area contributed by atoms with E-state index in [1.807, 2.05) is 6.07 Å². The van der Waals surface area contributed by atoms with Crippen molar-refractivity contribution in [2.24, 2.45) is 0 Å². The Morgan fingerprint density at radius 2 is 1.71 bits per heavy atom. The Hall–Kier alpha value is -1.51. The van der Waals surface area contributed by atoms with Crippen molar-refractivity contribution in [1.82, 2.24) is 0 Å². The summed E-state index contributed by atoms with van der Waals surface area (Å²) < 4.78 is 5.16. The molecule has 0 bridgehead atoms. The molecule has 0 amide bonds. The lowest BCUT2D eigenvalue weighted by atomic mass is 10.2. The van der Waals surface area contributed by atoms with Crippen molar-refractivity contribution in [2.45, 2.75) is 0 Å². The van der Waals surface area contributed by atoms with Gasteiger partial charge < -0.3 is 4.74 Å². The molecule has 2 nitrogen and oxygen atoms in total. The fourth-order valence-electron chi connectivity index (χ4n) is 1.29. The fraction of sp³-hybridized carbons (Fsp3) is 0. The van der Waals surface area contributed by atoms with Crippen LogP contribution in [0.5, 0.6) is 5.75 Å². The SMILES string of the molecule is O=C(Oc1ccc(Cl)cc1Cl)c1ccccc1. The van der Waals surface area contributed by atoms with Gasteiger partial charge in [-0.1, -0.05) is 41.4 Å². The Bertz CT molecular complexity index is 538. The Morgan fingerprint density at radius 1 is 1.00 bits per heavy atom. The first-order valence-electron chi connectivity index (χ1n) is 4.89. The summed E-state index contributed by atoms with van der Waals surface area (Å²) >= 11 is 11.6. The maximum absolute atomic E-state index is 11.7. The van der Waals surface area contributed by atoms with Crippen LogP contribution in [0.2, 0.25) is 10.0 Å². The summed E-state index contributed by atoms with van der Waals surface area (Å²) in [7, 11) is 0. The molecular weight excluding hydrogens is 259 g/mol. The zero-order valence-electron chi connectivity index (χ0n) is 8.69. The number of carbonyl (C=O) groups excluding carboxylic acids is 1. The van der Waals surface area contributed by atoms with Crippen LogP contribution in [0, 0.1) is 0 Å². The summed E-state index contributed by atoms with van der Waals surface area (Å²) in [4.78, 5) is 11.7. The minimum Gasteiger partial charge on any atom is -0.421 e. The van der Waals surface area contributed by atoms with E-state index in [0.717, 1.165) is 0 Å². The summed E-state index contributed by atoms with van der Waals surface area (Å²) in [5, 5.41) is 0.802. The number of benzene rings is 2. The topological polar surface area (TPSA) is 26.3 Å². The van der Waals surface area contributed by atoms with E-state index in [9.17, 15) is 4.79 Å². The van der Waals surface area contributed by atoms with Crippen molar-refractivity contribution in [2.75, 3.05) is 0 Å². The van der Waals surface area contributed by atoms with Crippen molar-refractivity contribution in [1.29, 1.82) is 0 Å². The number of esters is 1. The number of hydrogen-bond donors (Lipinski definition) is 0. The molecule has 0 heterocycles. The lowest BCUT2D eigenvalue weighted by Crippen LogP contribution is -2.08. The standard InChI is InChI=1S/C13H8Cl2O2/c14-10-6-7-12(11(15)8-10)17-13(16)9-4-2-1-3-5-9/h1-8H. The minimum atomic E-state index is -0.449. The third kappa shape index (κ3) is 2.99. The number of hydrogen-bond acceptors (Lipinski definition) is 2. The van der Waals surface area contributed by atoms with E-state index < -0.39 is 5.97 Å². The van der Waals surface area contributed by atoms with Gasteiger partial charge in [0, 0.05) is 5.02 Å². The van der Waals surface area contributed by atoms with Gasteiger partial charge in [-0.15, -0.1) is 0 Å². The summed E-state index contributed by atoms with van der Waals surface area (Å²) in [6, 6.07) is 13.4. The van der Waals surface area contributed by atoms with E-state index >= 15 is 0 Å². The van der Waals surface area contributed by atoms with Crippen LogP contribution in [0.3, 0.4) is 0 Å². The highest BCUT2D eigenvalue weighted by atomic mass is 35.5. The molecule has 0 aliphatic rings. The van der Waals surface area contributed by atoms with Crippen LogP contribution in [-0.4, -0.2) is 5.97 Å². The summed E-state index contributed by atoms with van der Waals surface area (Å²) in [6.45, 7) is 0. The molecule has 0 aliphatic heterocycles. The van der Waals surface area contributed by atoms with Crippen molar-refractivity contribution >= 4 is 29.2 Å². The van der Waals surface area contributed by atoms with Crippen molar-refractivity contribution < 1.29 is 9.53 Å². The quantitative estimate of drug-likeness (QED) is 0.601. The number of ether oxygens (including phenoxy) is 1. The number of carbonyl (C=O) groups is 1. The molecule has 2 aromatic carbocycles. The number of halogens is 2. The van der Waals surface area contributed by atoms with Crippen LogP contribution in [0.25, 0.3) is 0 Å². The number of rotatable bonds is 2. The Balaban J connectivity index is 2.19. The van der Waals surface area contributed by atoms with Gasteiger partial charge in [0.1, 0.15) is 5.75 Å². The predicted molar refractivity (Wildman–Crippen MR) is 67.9 cm³/mol. The van der Waals surface area contributed by atoms with E-state index in [4.69, 9.17) is 27.9 Å². The highest BCUT2D eigenvalue weighted by molar-refractivity contribution is 6.35. The van der Waals surface area contributed by atoms with E-state index in [0.29, 0.717) is 21.4 Å². The molecule has 2 rings (SSSR count). The molecule has 0 radical (unpaired) electrons. The molecule has 0 spiro atoms. The molecule has 0 aliphatic carbocycles. The largest absolute Gasteiger partial charge is 0.421 e. The third-order valence-electron chi connectivity index (χ3n) is 2.11. The molecule has 0 unspecified atom stereocenters. The van der Waals surface area contributed by atoms with Crippen LogP contribution >= 0.6 is 23.2 Å². The van der Waals surface area contributed by atoms with Crippen LogP contribution in [0.15, 0.2) is 48.5 Å². The van der Waals surface area contributed by atoms with Gasteiger partial charge in [0.25, 0.3) is 0 Å². The van der Waals surface area contributed by atoms with Crippen LogP contribution in [-0.2, 0) is 0 Å². The molecule has 2 aromatic rings. The van der Waals surface area contributed by atoms with Crippen LogP contribution in [0.4, 0.5) is 0 Å². The second-order valence-corrected chi connectivity index (χ2v) is 4.17. The first-order valence-corrected chi connectivity index (χ1v) is 5.64. The van der Waals surface area contributed by atoms with Crippen molar-refractivity contribution in [3.8, 4) is 5.75 Å². The molecular formula is C13H8Cl2O2. The van der Waals surface area contributed by atoms with Gasteiger partial charge in [-0.25, -0.2) is 4.79 Å². The van der Waals surface area contributed by atoms with Gasteiger partial charge in [-0.2, -0.15) is 0 Å². The molecule has 17 heavy (non-hydrogen) atoms. The summed E-state index contributed by atoms with van der Waals surface area (Å²) in [5.41, 5.74) is 0.471. The van der Waals surface area contributed by atoms with Crippen LogP contribution < -0.4 is 4.74 Å². The molecule has 0 saturated carbocycles. The molecule has 86 valence electrons. The first kappa shape index (κ1) is 12.0. The van der Waals surface area contributed by atoms with E-state index in [2.05, 4.69) is 0 Å². The summed E-state index contributed by atoms with van der Waals surface area (Å²) in [6.07, 6.45) is 0. The zero-order valence-corrected chi connectivity index (χ0v) is 10.2. The Morgan fingerprint density at radius 3 is 2.35 bits per heavy atom. The maximum atomic E-state index is 11.7. The van der Waals surface area contributed by atoms with Gasteiger partial charge in [0.15, 0.2) is 0 Å². The second-order valence-electron chi connectivity index (χ2n) is 3.33. The predicted octanol–water partition coefficient (Wildman–Crippen LogP) is 4.21. The van der Waals surface area contributed by atoms with E-state index in [1.54, 1.807) is 36.4 Å². The van der Waals surface area contributed by atoms with Gasteiger partial charge in [-0.05, 0) is 30.3 Å². The van der Waals surface area contributed by atoms with Crippen molar-refractivity contribution in [3.05, 3.63) is 64.1 Å². The maximum Gasteiger partial charge on any atom is 0.343 e. The lowest BCUT2D eigenvalue weighted by Gasteiger charge is -2.06. The molecule has 0 aromatic heterocycles. The average molecular weight is 267 g/mol. The molecule has 0 atom stereocenters. The lowest BCUT2D eigenvalue weighted by molar-refractivity contribution is 0.0735. The van der Waals surface area contributed by atoms with E-state index in [-0.39, 0.29) is 0 Å². The Kier molecular flexibility index (Phi) is 3.67. The first-order chi connectivity index (χ1) is 8.16. The molecule has 0 saturated heterocycles. The summed E-state index contributed by atoms with van der Waals surface area (Å²) in [5.74, 6) is -0.153. The van der Waals surface area contributed by atoms with Gasteiger partial charge in [0.05, 0.1) is 10.6 Å². The van der Waals surface area contributed by atoms with Gasteiger partial charge >= 0.3 is 5.97 Å². The van der Waals surface area contributed by atoms with Gasteiger partial charge in [0.2, 0.25) is 0 Å². The van der Waals surface area contributed by atoms with E-state index in [1.165, 1.54) is 6.07 Å². The highest BCUT2D eigenvalue weighted by Gasteiger charge is 2.10.